The molecule has 0 spiro atoms. The van der Waals surface area contributed by atoms with Gasteiger partial charge in [-0.25, -0.2) is 4.98 Å². The minimum Gasteiger partial charge on any atom is -0.340 e. The summed E-state index contributed by atoms with van der Waals surface area (Å²) in [5.41, 5.74) is 2.81. The highest BCUT2D eigenvalue weighted by Gasteiger charge is 2.52. The van der Waals surface area contributed by atoms with Crippen molar-refractivity contribution in [2.75, 3.05) is 7.11 Å². The Morgan fingerprint density at radius 1 is 1.05 bits per heavy atom. The number of hydrogen-bond acceptors (Lipinski definition) is 3. The first kappa shape index (κ1) is 13.3. The van der Waals surface area contributed by atoms with Crippen LogP contribution in [-0.4, -0.2) is 22.1 Å². The topological polar surface area (TPSA) is 41.1 Å². The number of benzene rings is 1. The molecule has 0 amide bonds. The van der Waals surface area contributed by atoms with Gasteiger partial charge >= 0.3 is 0 Å². The lowest BCUT2D eigenvalue weighted by Crippen LogP contribution is -2.45. The van der Waals surface area contributed by atoms with Gasteiger partial charge in [0.25, 0.3) is 0 Å². The maximum atomic E-state index is 5.60. The van der Waals surface area contributed by atoms with Crippen molar-refractivity contribution in [3.05, 3.63) is 41.7 Å². The molecule has 2 heterocycles. The zero-order valence-electron chi connectivity index (χ0n) is 12.7. The van der Waals surface area contributed by atoms with Crippen molar-refractivity contribution in [3.8, 4) is 11.4 Å². The predicted octanol–water partition coefficient (Wildman–Crippen LogP) is 3.42. The van der Waals surface area contributed by atoms with Gasteiger partial charge in [-0.15, -0.1) is 0 Å². The molecular weight excluding hydrogens is 250 g/mol. The van der Waals surface area contributed by atoms with Crippen molar-refractivity contribution in [3.63, 3.8) is 0 Å². The second-order valence-corrected chi connectivity index (χ2v) is 6.27. The van der Waals surface area contributed by atoms with Crippen LogP contribution < -0.4 is 0 Å². The van der Waals surface area contributed by atoms with E-state index in [2.05, 4.69) is 44.8 Å². The van der Waals surface area contributed by atoms with E-state index in [1.54, 1.807) is 7.11 Å². The van der Waals surface area contributed by atoms with Gasteiger partial charge in [-0.2, -0.15) is 5.06 Å². The van der Waals surface area contributed by atoms with Crippen LogP contribution in [0.5, 0.6) is 0 Å². The van der Waals surface area contributed by atoms with Crippen molar-refractivity contribution in [1.82, 2.24) is 15.0 Å². The highest BCUT2D eigenvalue weighted by Crippen LogP contribution is 2.48. The second kappa shape index (κ2) is 4.17. The van der Waals surface area contributed by atoms with E-state index < -0.39 is 0 Å². The number of nitrogens with zero attached hydrogens (tertiary/aromatic N) is 2. The Kier molecular flexibility index (Phi) is 2.78. The maximum Gasteiger partial charge on any atom is 0.137 e. The summed E-state index contributed by atoms with van der Waals surface area (Å²) in [6, 6.07) is 10.2. The summed E-state index contributed by atoms with van der Waals surface area (Å²) in [6.07, 6.45) is 0. The molecule has 1 N–H and O–H groups in total. The standard InChI is InChI=1S/C16H21N3O/c1-15(2)12-13(16(3,4)19(15)20-5)18-14(17-12)11-9-7-6-8-10-11/h6-10H,1-5H3,(H,17,18). The normalized spacial score (nSPS) is 20.1. The van der Waals surface area contributed by atoms with E-state index in [0.29, 0.717) is 0 Å². The molecule has 4 nitrogen and oxygen atoms in total. The number of nitrogens with one attached hydrogen (secondary N) is 1. The van der Waals surface area contributed by atoms with E-state index in [9.17, 15) is 0 Å². The quantitative estimate of drug-likeness (QED) is 0.910. The molecule has 0 saturated carbocycles. The molecular formula is C16H21N3O. The third-order valence-corrected chi connectivity index (χ3v) is 4.14. The number of hydrogen-bond donors (Lipinski definition) is 1. The number of rotatable bonds is 2. The first-order chi connectivity index (χ1) is 9.39. The number of aromatic nitrogens is 2. The first-order valence-corrected chi connectivity index (χ1v) is 6.90. The molecule has 0 atom stereocenters. The van der Waals surface area contributed by atoms with Crippen LogP contribution in [-0.2, 0) is 15.9 Å². The van der Waals surface area contributed by atoms with Crippen LogP contribution in [0.3, 0.4) is 0 Å². The molecule has 0 saturated heterocycles. The summed E-state index contributed by atoms with van der Waals surface area (Å²) >= 11 is 0. The Labute approximate surface area is 119 Å². The first-order valence-electron chi connectivity index (χ1n) is 6.90. The van der Waals surface area contributed by atoms with Crippen LogP contribution in [0.1, 0.15) is 39.1 Å². The smallest absolute Gasteiger partial charge is 0.137 e. The lowest BCUT2D eigenvalue weighted by atomic mass is 10.0. The molecule has 0 fully saturated rings. The summed E-state index contributed by atoms with van der Waals surface area (Å²) in [5, 5.41) is 2.00. The molecule has 0 radical (unpaired) electrons. The van der Waals surface area contributed by atoms with Crippen LogP contribution in [0.25, 0.3) is 11.4 Å². The van der Waals surface area contributed by atoms with Gasteiger partial charge in [-0.1, -0.05) is 30.3 Å². The fourth-order valence-electron chi connectivity index (χ4n) is 3.34. The molecule has 1 aliphatic rings. The Balaban J connectivity index is 2.14. The third kappa shape index (κ3) is 1.65. The molecule has 1 aliphatic heterocycles. The monoisotopic (exact) mass is 271 g/mol. The van der Waals surface area contributed by atoms with Crippen molar-refractivity contribution in [1.29, 1.82) is 0 Å². The van der Waals surface area contributed by atoms with Crippen LogP contribution in [0.15, 0.2) is 30.3 Å². The van der Waals surface area contributed by atoms with Crippen molar-refractivity contribution in [2.45, 2.75) is 38.8 Å². The van der Waals surface area contributed by atoms with Crippen molar-refractivity contribution < 1.29 is 4.84 Å². The zero-order chi connectivity index (χ0) is 14.5. The number of imidazole rings is 1. The van der Waals surface area contributed by atoms with Gasteiger partial charge in [0, 0.05) is 5.56 Å². The lowest BCUT2D eigenvalue weighted by Gasteiger charge is -2.37. The molecule has 3 rings (SSSR count). The number of hydroxylamine groups is 2. The number of H-pyrrole nitrogens is 1. The molecule has 1 aromatic carbocycles. The van der Waals surface area contributed by atoms with Gasteiger partial charge in [0.2, 0.25) is 0 Å². The molecule has 20 heavy (non-hydrogen) atoms. The fraction of sp³-hybridized carbons (Fsp3) is 0.438. The Bertz CT molecular complexity index is 595. The van der Waals surface area contributed by atoms with E-state index in [1.165, 1.54) is 0 Å². The highest BCUT2D eigenvalue weighted by atomic mass is 16.7. The third-order valence-electron chi connectivity index (χ3n) is 4.14. The van der Waals surface area contributed by atoms with Gasteiger partial charge in [-0.05, 0) is 27.7 Å². The van der Waals surface area contributed by atoms with E-state index >= 15 is 0 Å². The van der Waals surface area contributed by atoms with Crippen molar-refractivity contribution in [2.24, 2.45) is 0 Å². The lowest BCUT2D eigenvalue weighted by molar-refractivity contribution is -0.243. The predicted molar refractivity (Wildman–Crippen MR) is 78.9 cm³/mol. The van der Waals surface area contributed by atoms with Crippen LogP contribution in [0, 0.1) is 0 Å². The van der Waals surface area contributed by atoms with Crippen molar-refractivity contribution >= 4 is 0 Å². The Hall–Kier alpha value is -1.65. The largest absolute Gasteiger partial charge is 0.340 e. The van der Waals surface area contributed by atoms with Gasteiger partial charge in [0.15, 0.2) is 0 Å². The minimum atomic E-state index is -0.253. The zero-order valence-corrected chi connectivity index (χ0v) is 12.7. The molecule has 4 heteroatoms. The minimum absolute atomic E-state index is 0.229. The van der Waals surface area contributed by atoms with Gasteiger partial charge in [0.1, 0.15) is 5.82 Å². The van der Waals surface area contributed by atoms with Crippen LogP contribution >= 0.6 is 0 Å². The Morgan fingerprint density at radius 2 is 1.70 bits per heavy atom. The average Bonchev–Trinajstić information content (AvgIpc) is 2.90. The fourth-order valence-corrected chi connectivity index (χ4v) is 3.34. The van der Waals surface area contributed by atoms with Crippen LogP contribution in [0.4, 0.5) is 0 Å². The summed E-state index contributed by atoms with van der Waals surface area (Å²) in [4.78, 5) is 13.9. The van der Waals surface area contributed by atoms with Gasteiger partial charge in [0.05, 0.1) is 29.6 Å². The summed E-state index contributed by atoms with van der Waals surface area (Å²) in [6.45, 7) is 8.58. The maximum absolute atomic E-state index is 5.60. The number of aromatic amines is 1. The molecule has 0 bridgehead atoms. The highest BCUT2D eigenvalue weighted by molar-refractivity contribution is 5.57. The molecule has 0 aliphatic carbocycles. The summed E-state index contributed by atoms with van der Waals surface area (Å²) < 4.78 is 0. The summed E-state index contributed by atoms with van der Waals surface area (Å²) in [5.74, 6) is 0.924. The molecule has 1 aromatic heterocycles. The second-order valence-electron chi connectivity index (χ2n) is 6.27. The van der Waals surface area contributed by atoms with Gasteiger partial charge in [-0.3, -0.25) is 0 Å². The van der Waals surface area contributed by atoms with E-state index in [1.807, 2.05) is 23.3 Å². The molecule has 0 unspecified atom stereocenters. The van der Waals surface area contributed by atoms with Gasteiger partial charge < -0.3 is 9.82 Å². The molecule has 106 valence electrons. The average molecular weight is 271 g/mol. The molecule has 2 aromatic rings. The van der Waals surface area contributed by atoms with Crippen LogP contribution in [0.2, 0.25) is 0 Å². The van der Waals surface area contributed by atoms with E-state index in [-0.39, 0.29) is 11.1 Å². The Morgan fingerprint density at radius 3 is 2.25 bits per heavy atom. The number of fused-ring (bicyclic) bond motifs is 1. The van der Waals surface area contributed by atoms with E-state index in [4.69, 9.17) is 9.82 Å². The summed E-state index contributed by atoms with van der Waals surface area (Å²) in [7, 11) is 1.72. The SMILES string of the molecule is CON1C(C)(C)c2nc(-c3ccccc3)[nH]c2C1(C)C. The van der Waals surface area contributed by atoms with E-state index in [0.717, 1.165) is 22.8 Å².